The van der Waals surface area contributed by atoms with Gasteiger partial charge in [-0.2, -0.15) is 0 Å². The quantitative estimate of drug-likeness (QED) is 0.398. The van der Waals surface area contributed by atoms with E-state index in [1.807, 2.05) is 6.07 Å². The van der Waals surface area contributed by atoms with Crippen LogP contribution in [0.25, 0.3) is 0 Å². The Kier molecular flexibility index (Phi) is 8.47. The predicted octanol–water partition coefficient (Wildman–Crippen LogP) is 2.58. The lowest BCUT2D eigenvalue weighted by Crippen LogP contribution is -2.41. The van der Waals surface area contributed by atoms with Gasteiger partial charge in [-0.3, -0.25) is 0 Å². The Morgan fingerprint density at radius 3 is 2.90 bits per heavy atom. The summed E-state index contributed by atoms with van der Waals surface area (Å²) in [5.41, 5.74) is 0. The van der Waals surface area contributed by atoms with E-state index >= 15 is 0 Å². The molecule has 0 amide bonds. The molecule has 0 aromatic carbocycles. The minimum atomic E-state index is -0.146. The number of aliphatic hydroxyl groups excluding tert-OH is 1. The van der Waals surface area contributed by atoms with E-state index < -0.39 is 0 Å². The topological polar surface area (TPSA) is 56.7 Å². The fourth-order valence-corrected chi connectivity index (χ4v) is 3.01. The number of nitrogens with zero attached hydrogens (tertiary/aromatic N) is 1. The van der Waals surface area contributed by atoms with Crippen LogP contribution in [0.15, 0.2) is 22.5 Å². The summed E-state index contributed by atoms with van der Waals surface area (Å²) in [6.45, 7) is 4.42. The van der Waals surface area contributed by atoms with Crippen molar-refractivity contribution in [2.45, 2.75) is 38.8 Å². The molecule has 1 aliphatic rings. The van der Waals surface area contributed by atoms with Crippen LogP contribution in [-0.2, 0) is 6.54 Å². The predicted molar refractivity (Wildman–Crippen MR) is 95.9 cm³/mol. The van der Waals surface area contributed by atoms with Crippen molar-refractivity contribution in [1.29, 1.82) is 0 Å². The average Bonchev–Trinajstić information content (AvgIpc) is 3.04. The van der Waals surface area contributed by atoms with Gasteiger partial charge in [-0.15, -0.1) is 35.3 Å². The molecule has 0 bridgehead atoms. The number of nitrogens with one attached hydrogen (secondary N) is 2. The second kappa shape index (κ2) is 9.57. The number of halogens is 1. The molecule has 3 N–H and O–H groups in total. The van der Waals surface area contributed by atoms with Gasteiger partial charge < -0.3 is 15.7 Å². The number of guanidine groups is 1. The van der Waals surface area contributed by atoms with Gasteiger partial charge in [0.25, 0.3) is 0 Å². The van der Waals surface area contributed by atoms with Crippen LogP contribution in [0.3, 0.4) is 0 Å². The monoisotopic (exact) mass is 409 g/mol. The maximum Gasteiger partial charge on any atom is 0.191 e. The Labute approximate surface area is 142 Å². The lowest BCUT2D eigenvalue weighted by atomic mass is 10.1. The molecule has 1 aliphatic carbocycles. The molecule has 4 nitrogen and oxygen atoms in total. The Morgan fingerprint density at radius 1 is 1.45 bits per heavy atom. The molecule has 0 aliphatic heterocycles. The Bertz CT molecular complexity index is 397. The summed E-state index contributed by atoms with van der Waals surface area (Å²) in [4.78, 5) is 5.83. The molecular weight excluding hydrogens is 385 g/mol. The van der Waals surface area contributed by atoms with Crippen LogP contribution < -0.4 is 10.6 Å². The molecule has 2 rings (SSSR count). The fourth-order valence-electron chi connectivity index (χ4n) is 2.38. The Hall–Kier alpha value is -0.340. The highest BCUT2D eigenvalue weighted by Gasteiger charge is 2.24. The normalized spacial score (nSPS) is 22.4. The summed E-state index contributed by atoms with van der Waals surface area (Å²) in [5, 5.41) is 18.5. The molecule has 0 radical (unpaired) electrons. The van der Waals surface area contributed by atoms with Crippen molar-refractivity contribution < 1.29 is 5.11 Å². The first-order valence-electron chi connectivity index (χ1n) is 7.02. The van der Waals surface area contributed by atoms with E-state index in [9.17, 15) is 5.11 Å². The third-order valence-electron chi connectivity index (χ3n) is 3.47. The highest BCUT2D eigenvalue weighted by Crippen LogP contribution is 2.24. The summed E-state index contributed by atoms with van der Waals surface area (Å²) < 4.78 is 0. The van der Waals surface area contributed by atoms with E-state index in [0.29, 0.717) is 12.5 Å². The van der Waals surface area contributed by atoms with Gasteiger partial charge >= 0.3 is 0 Å². The Morgan fingerprint density at radius 2 is 2.30 bits per heavy atom. The van der Waals surface area contributed by atoms with Gasteiger partial charge in [0.05, 0.1) is 12.6 Å². The second-order valence-corrected chi connectivity index (χ2v) is 5.95. The lowest BCUT2D eigenvalue weighted by molar-refractivity contribution is 0.134. The van der Waals surface area contributed by atoms with Crippen molar-refractivity contribution in [2.75, 3.05) is 13.1 Å². The molecular formula is C14H24IN3OS. The molecule has 1 aromatic rings. The highest BCUT2D eigenvalue weighted by molar-refractivity contribution is 14.0. The van der Waals surface area contributed by atoms with Crippen LogP contribution in [0.4, 0.5) is 0 Å². The molecule has 114 valence electrons. The van der Waals surface area contributed by atoms with Gasteiger partial charge in [-0.1, -0.05) is 12.5 Å². The molecule has 1 fully saturated rings. The van der Waals surface area contributed by atoms with E-state index in [4.69, 9.17) is 0 Å². The van der Waals surface area contributed by atoms with Crippen LogP contribution in [0.1, 0.15) is 31.1 Å². The van der Waals surface area contributed by atoms with Crippen molar-refractivity contribution in [1.82, 2.24) is 10.6 Å². The zero-order chi connectivity index (χ0) is 13.5. The van der Waals surface area contributed by atoms with Gasteiger partial charge in [-0.05, 0) is 31.2 Å². The summed E-state index contributed by atoms with van der Waals surface area (Å²) in [5.74, 6) is 1.21. The third kappa shape index (κ3) is 5.57. The average molecular weight is 409 g/mol. The molecule has 1 heterocycles. The fraction of sp³-hybridized carbons (Fsp3) is 0.643. The second-order valence-electron chi connectivity index (χ2n) is 4.91. The minimum absolute atomic E-state index is 0. The van der Waals surface area contributed by atoms with Gasteiger partial charge in [0.2, 0.25) is 0 Å². The largest absolute Gasteiger partial charge is 0.393 e. The van der Waals surface area contributed by atoms with Crippen molar-refractivity contribution in [3.05, 3.63) is 22.4 Å². The number of rotatable bonds is 5. The van der Waals surface area contributed by atoms with Crippen LogP contribution in [-0.4, -0.2) is 30.3 Å². The summed E-state index contributed by atoms with van der Waals surface area (Å²) in [7, 11) is 0. The standard InChI is InChI=1S/C14H23N3OS.HI/c1-2-15-14(17-10-12-6-4-8-19-12)16-9-11-5-3-7-13(11)18;/h4,6,8,11,13,18H,2-3,5,7,9-10H2,1H3,(H2,15,16,17);1H. The van der Waals surface area contributed by atoms with Gasteiger partial charge in [0.1, 0.15) is 0 Å². The number of thiophene rings is 1. The first-order chi connectivity index (χ1) is 9.29. The Balaban J connectivity index is 0.00000200. The molecule has 0 saturated heterocycles. The number of hydrogen-bond donors (Lipinski definition) is 3. The molecule has 1 aromatic heterocycles. The smallest absolute Gasteiger partial charge is 0.191 e. The summed E-state index contributed by atoms with van der Waals surface area (Å²) >= 11 is 1.72. The van der Waals surface area contributed by atoms with E-state index in [1.54, 1.807) is 11.3 Å². The maximum atomic E-state index is 9.81. The summed E-state index contributed by atoms with van der Waals surface area (Å²) in [6, 6.07) is 4.14. The van der Waals surface area contributed by atoms with E-state index in [-0.39, 0.29) is 30.1 Å². The number of hydrogen-bond acceptors (Lipinski definition) is 3. The SMILES string of the molecule is CCNC(=NCc1cccs1)NCC1CCCC1O.I. The molecule has 0 spiro atoms. The van der Waals surface area contributed by atoms with Crippen LogP contribution in [0.2, 0.25) is 0 Å². The van der Waals surface area contributed by atoms with Crippen molar-refractivity contribution >= 4 is 41.3 Å². The zero-order valence-electron chi connectivity index (χ0n) is 11.8. The van der Waals surface area contributed by atoms with E-state index in [2.05, 4.69) is 34.0 Å². The zero-order valence-corrected chi connectivity index (χ0v) is 15.0. The van der Waals surface area contributed by atoms with Crippen LogP contribution >= 0.6 is 35.3 Å². The van der Waals surface area contributed by atoms with Crippen LogP contribution in [0.5, 0.6) is 0 Å². The minimum Gasteiger partial charge on any atom is -0.393 e. The van der Waals surface area contributed by atoms with Crippen molar-refractivity contribution in [2.24, 2.45) is 10.9 Å². The molecule has 1 saturated carbocycles. The number of aliphatic hydroxyl groups is 1. The molecule has 6 heteroatoms. The maximum absolute atomic E-state index is 9.81. The molecule has 20 heavy (non-hydrogen) atoms. The first-order valence-corrected chi connectivity index (χ1v) is 7.90. The van der Waals surface area contributed by atoms with Gasteiger partial charge in [0, 0.05) is 23.9 Å². The number of aliphatic imine (C=N–C) groups is 1. The lowest BCUT2D eigenvalue weighted by Gasteiger charge is -2.17. The van der Waals surface area contributed by atoms with Crippen molar-refractivity contribution in [3.8, 4) is 0 Å². The van der Waals surface area contributed by atoms with Crippen LogP contribution in [0, 0.1) is 5.92 Å². The van der Waals surface area contributed by atoms with Gasteiger partial charge in [0.15, 0.2) is 5.96 Å². The van der Waals surface area contributed by atoms with Crippen molar-refractivity contribution in [3.63, 3.8) is 0 Å². The molecule has 2 atom stereocenters. The van der Waals surface area contributed by atoms with E-state index in [0.717, 1.165) is 38.3 Å². The molecule has 2 unspecified atom stereocenters. The summed E-state index contributed by atoms with van der Waals surface area (Å²) in [6.07, 6.45) is 3.04. The van der Waals surface area contributed by atoms with E-state index in [1.165, 1.54) is 4.88 Å². The van der Waals surface area contributed by atoms with Gasteiger partial charge in [-0.25, -0.2) is 4.99 Å². The highest BCUT2D eigenvalue weighted by atomic mass is 127. The third-order valence-corrected chi connectivity index (χ3v) is 4.33. The first kappa shape index (κ1) is 17.7.